The number of hydrogen-bond acceptors (Lipinski definition) is 5. The summed E-state index contributed by atoms with van der Waals surface area (Å²) in [4.78, 5) is 0. The van der Waals surface area contributed by atoms with Gasteiger partial charge < -0.3 is 5.73 Å². The molecule has 25 heavy (non-hydrogen) atoms. The second-order valence-corrected chi connectivity index (χ2v) is 7.85. The van der Waals surface area contributed by atoms with Gasteiger partial charge in [0.2, 0.25) is 5.41 Å². The molecule has 0 fully saturated rings. The fraction of sp³-hybridized carbons (Fsp3) is 0.278. The first-order valence-electron chi connectivity index (χ1n) is 7.46. The van der Waals surface area contributed by atoms with Gasteiger partial charge in [0.05, 0.1) is 29.5 Å². The third-order valence-corrected chi connectivity index (χ3v) is 6.20. The summed E-state index contributed by atoms with van der Waals surface area (Å²) in [5.74, 6) is -0.142. The summed E-state index contributed by atoms with van der Waals surface area (Å²) in [6, 6.07) is 10.6. The Kier molecular flexibility index (Phi) is 4.60. The highest BCUT2D eigenvalue weighted by atomic mass is 79.9. The molecular weight excluding hydrogens is 403 g/mol. The van der Waals surface area contributed by atoms with Crippen molar-refractivity contribution in [2.45, 2.75) is 5.92 Å². The molecule has 4 nitrogen and oxygen atoms in total. The summed E-state index contributed by atoms with van der Waals surface area (Å²) in [5, 5.41) is 29.1. The molecule has 0 unspecified atom stereocenters. The van der Waals surface area contributed by atoms with Crippen LogP contribution in [0.4, 0.5) is 4.39 Å². The second-order valence-electron chi connectivity index (χ2n) is 5.86. The Bertz CT molecular complexity index is 918. The number of hydrogen-bond donors (Lipinski definition) is 1. The number of rotatable bonds is 1. The van der Waals surface area contributed by atoms with Crippen molar-refractivity contribution in [1.29, 1.82) is 15.8 Å². The van der Waals surface area contributed by atoms with E-state index >= 15 is 0 Å². The van der Waals surface area contributed by atoms with Crippen LogP contribution in [0.5, 0.6) is 0 Å². The Morgan fingerprint density at radius 1 is 1.28 bits per heavy atom. The van der Waals surface area contributed by atoms with Crippen molar-refractivity contribution in [1.82, 2.24) is 0 Å². The molecule has 1 aliphatic heterocycles. The van der Waals surface area contributed by atoms with Crippen LogP contribution in [0.15, 0.2) is 45.6 Å². The van der Waals surface area contributed by atoms with Crippen molar-refractivity contribution >= 4 is 27.7 Å². The van der Waals surface area contributed by atoms with Crippen LogP contribution in [0, 0.1) is 51.1 Å². The van der Waals surface area contributed by atoms with E-state index in [1.165, 1.54) is 6.07 Å². The van der Waals surface area contributed by atoms with Gasteiger partial charge >= 0.3 is 0 Å². The lowest BCUT2D eigenvalue weighted by molar-refractivity contribution is 0.461. The van der Waals surface area contributed by atoms with E-state index in [-0.39, 0.29) is 17.2 Å². The molecule has 3 rings (SSSR count). The summed E-state index contributed by atoms with van der Waals surface area (Å²) in [7, 11) is 0. The molecule has 0 saturated carbocycles. The van der Waals surface area contributed by atoms with E-state index < -0.39 is 17.2 Å². The standard InChI is InChI=1S/C18H12BrFN4S/c19-10-1-2-15(20)11(5-10)16-12(6-21)17(24)18(8-22,9-23)14-3-4-25-7-13(14)16/h1-3,5,13,16H,4,7,24H2/t13-,16-/m0/s1. The summed E-state index contributed by atoms with van der Waals surface area (Å²) < 4.78 is 15.2. The fourth-order valence-electron chi connectivity index (χ4n) is 3.55. The largest absolute Gasteiger partial charge is 0.399 e. The highest BCUT2D eigenvalue weighted by Gasteiger charge is 2.52. The van der Waals surface area contributed by atoms with E-state index in [9.17, 15) is 20.2 Å². The molecule has 1 aromatic rings. The molecule has 0 amide bonds. The number of nitriles is 3. The molecule has 2 N–H and O–H groups in total. The van der Waals surface area contributed by atoms with Crippen molar-refractivity contribution in [3.8, 4) is 18.2 Å². The van der Waals surface area contributed by atoms with Crippen molar-refractivity contribution in [3.63, 3.8) is 0 Å². The molecule has 7 heteroatoms. The molecule has 0 bridgehead atoms. The highest BCUT2D eigenvalue weighted by Crippen LogP contribution is 2.54. The number of nitrogens with two attached hydrogens (primary N) is 1. The van der Waals surface area contributed by atoms with Crippen LogP contribution in [0.3, 0.4) is 0 Å². The van der Waals surface area contributed by atoms with E-state index in [0.29, 0.717) is 27.1 Å². The highest BCUT2D eigenvalue weighted by molar-refractivity contribution is 9.10. The van der Waals surface area contributed by atoms with E-state index in [4.69, 9.17) is 5.73 Å². The van der Waals surface area contributed by atoms with Crippen LogP contribution in [0.2, 0.25) is 0 Å². The zero-order valence-electron chi connectivity index (χ0n) is 13.0. The van der Waals surface area contributed by atoms with Gasteiger partial charge in [-0.25, -0.2) is 4.39 Å². The number of allylic oxidation sites excluding steroid dienone is 2. The van der Waals surface area contributed by atoms with Crippen molar-refractivity contribution in [2.75, 3.05) is 11.5 Å². The van der Waals surface area contributed by atoms with Gasteiger partial charge in [0.15, 0.2) is 0 Å². The van der Waals surface area contributed by atoms with Gasteiger partial charge in [-0.1, -0.05) is 22.0 Å². The minimum absolute atomic E-state index is 0.0845. The lowest BCUT2D eigenvalue weighted by Crippen LogP contribution is -2.42. The Morgan fingerprint density at radius 2 is 2.00 bits per heavy atom. The first-order chi connectivity index (χ1) is 12.0. The summed E-state index contributed by atoms with van der Waals surface area (Å²) in [6.45, 7) is 0. The number of benzene rings is 1. The summed E-state index contributed by atoms with van der Waals surface area (Å²) in [6.07, 6.45) is 1.83. The van der Waals surface area contributed by atoms with Crippen LogP contribution in [0.25, 0.3) is 0 Å². The van der Waals surface area contributed by atoms with Crippen LogP contribution in [-0.2, 0) is 0 Å². The molecule has 124 valence electrons. The Hall–Kier alpha value is -2.27. The first kappa shape index (κ1) is 17.5. The van der Waals surface area contributed by atoms with Gasteiger partial charge in [-0.15, -0.1) is 0 Å². The van der Waals surface area contributed by atoms with Crippen molar-refractivity contribution in [3.05, 3.63) is 57.0 Å². The van der Waals surface area contributed by atoms with Gasteiger partial charge in [0.1, 0.15) is 5.82 Å². The number of halogens is 2. The number of thioether (sulfide) groups is 1. The number of nitrogens with zero attached hydrogens (tertiary/aromatic N) is 3. The SMILES string of the molecule is N#CC1=C(N)C(C#N)(C#N)C2=CCSC[C@@H]2[C@H]1c1cc(Br)ccc1F. The molecule has 1 heterocycles. The van der Waals surface area contributed by atoms with Crippen LogP contribution < -0.4 is 5.73 Å². The van der Waals surface area contributed by atoms with Gasteiger partial charge in [-0.2, -0.15) is 27.5 Å². The predicted molar refractivity (Wildman–Crippen MR) is 96.2 cm³/mol. The smallest absolute Gasteiger partial charge is 0.204 e. The minimum atomic E-state index is -1.66. The van der Waals surface area contributed by atoms with Crippen LogP contribution >= 0.6 is 27.7 Å². The summed E-state index contributed by atoms with van der Waals surface area (Å²) in [5.41, 5.74) is 5.43. The lowest BCUT2D eigenvalue weighted by atomic mass is 9.61. The third-order valence-electron chi connectivity index (χ3n) is 4.71. The quantitative estimate of drug-likeness (QED) is 0.705. The van der Waals surface area contributed by atoms with Gasteiger partial charge in [0.25, 0.3) is 0 Å². The van der Waals surface area contributed by atoms with Crippen LogP contribution in [-0.4, -0.2) is 11.5 Å². The van der Waals surface area contributed by atoms with E-state index in [2.05, 4.69) is 15.9 Å². The number of fused-ring (bicyclic) bond motifs is 1. The monoisotopic (exact) mass is 414 g/mol. The summed E-state index contributed by atoms with van der Waals surface area (Å²) >= 11 is 4.96. The van der Waals surface area contributed by atoms with Gasteiger partial charge in [-0.05, 0) is 29.3 Å². The van der Waals surface area contributed by atoms with Crippen LogP contribution in [0.1, 0.15) is 11.5 Å². The zero-order chi connectivity index (χ0) is 18.2. The average Bonchev–Trinajstić information content (AvgIpc) is 2.63. The Morgan fingerprint density at radius 3 is 2.64 bits per heavy atom. The Balaban J connectivity index is 2.35. The van der Waals surface area contributed by atoms with E-state index in [1.54, 1.807) is 23.9 Å². The van der Waals surface area contributed by atoms with Gasteiger partial charge in [0, 0.05) is 27.8 Å². The van der Waals surface area contributed by atoms with Crippen molar-refractivity contribution in [2.24, 2.45) is 17.1 Å². The maximum absolute atomic E-state index is 14.6. The molecule has 2 aliphatic rings. The zero-order valence-corrected chi connectivity index (χ0v) is 15.4. The molecular formula is C18H12BrFN4S. The normalized spacial score (nSPS) is 24.4. The molecule has 1 aliphatic carbocycles. The minimum Gasteiger partial charge on any atom is -0.399 e. The Labute approximate surface area is 157 Å². The molecule has 1 aromatic carbocycles. The van der Waals surface area contributed by atoms with E-state index in [0.717, 1.165) is 0 Å². The maximum Gasteiger partial charge on any atom is 0.204 e. The van der Waals surface area contributed by atoms with Crippen molar-refractivity contribution < 1.29 is 4.39 Å². The molecule has 0 radical (unpaired) electrons. The first-order valence-corrected chi connectivity index (χ1v) is 9.41. The van der Waals surface area contributed by atoms with E-state index in [1.807, 2.05) is 24.3 Å². The third kappa shape index (κ3) is 2.54. The van der Waals surface area contributed by atoms with Gasteiger partial charge in [-0.3, -0.25) is 0 Å². The molecule has 0 saturated heterocycles. The predicted octanol–water partition coefficient (Wildman–Crippen LogP) is 3.74. The maximum atomic E-state index is 14.6. The lowest BCUT2D eigenvalue weighted by Gasteiger charge is -2.42. The topological polar surface area (TPSA) is 97.4 Å². The molecule has 2 atom stereocenters. The second kappa shape index (κ2) is 6.56. The average molecular weight is 415 g/mol. The molecule has 0 aromatic heterocycles. The molecule has 0 spiro atoms. The fourth-order valence-corrected chi connectivity index (χ4v) is 4.99.